The van der Waals surface area contributed by atoms with Crippen molar-refractivity contribution in [2.45, 2.75) is 216 Å². The molecule has 4 heterocycles. The standard InChI is InChI=1S/C45H74O16/c1-39(2)27(59-38-33(21(46)10-15-55-38)60-37-32(53)30(51)24(49)19-57-37)9-12-45-20-44(45)14-13-41(5)34(43(7)11-8-28(61-43)40(3,4)54)22(47)17-42(41,6)26(44)16-25(35(39)45)58-36-31(52)29(50)23(48)18-56-36/h21-38,46-54H,8-20H2,1-7H3/t21-,22+,23-,24+,25+,26+,27+,28-,29+,30+,31-,32-,33+,34+,35+,36+,37+,38+,41-,42+,43+,44+,45-/m1/s1. The van der Waals surface area contributed by atoms with Gasteiger partial charge in [-0.1, -0.05) is 27.7 Å². The van der Waals surface area contributed by atoms with Crippen molar-refractivity contribution < 1.29 is 79.1 Å². The number of hydrogen-bond donors (Lipinski definition) is 9. The quantitative estimate of drug-likeness (QED) is 0.154. The van der Waals surface area contributed by atoms with Crippen LogP contribution in [-0.2, 0) is 33.2 Å². The molecule has 350 valence electrons. The highest BCUT2D eigenvalue weighted by molar-refractivity contribution is 5.33. The van der Waals surface area contributed by atoms with Crippen LogP contribution in [0.1, 0.15) is 113 Å². The molecule has 61 heavy (non-hydrogen) atoms. The van der Waals surface area contributed by atoms with Crippen LogP contribution in [0, 0.1) is 44.8 Å². The van der Waals surface area contributed by atoms with E-state index in [2.05, 4.69) is 34.6 Å². The molecule has 0 amide bonds. The molecule has 16 nitrogen and oxygen atoms in total. The Kier molecular flexibility index (Phi) is 11.3. The van der Waals surface area contributed by atoms with Crippen LogP contribution in [0.25, 0.3) is 0 Å². The summed E-state index contributed by atoms with van der Waals surface area (Å²) in [7, 11) is 0. The Balaban J connectivity index is 1.03. The summed E-state index contributed by atoms with van der Waals surface area (Å²) < 4.78 is 44.4. The zero-order chi connectivity index (χ0) is 44.0. The molecule has 0 bridgehead atoms. The van der Waals surface area contributed by atoms with Gasteiger partial charge in [0.2, 0.25) is 0 Å². The van der Waals surface area contributed by atoms with Crippen LogP contribution in [0.4, 0.5) is 0 Å². The number of rotatable bonds is 8. The molecular formula is C45H74O16. The summed E-state index contributed by atoms with van der Waals surface area (Å²) in [6, 6.07) is 0. The molecule has 9 N–H and O–H groups in total. The predicted octanol–water partition coefficient (Wildman–Crippen LogP) is 0.856. The molecule has 4 saturated heterocycles. The lowest BCUT2D eigenvalue weighted by Gasteiger charge is -2.65. The third-order valence-corrected chi connectivity index (χ3v) is 18.9. The molecule has 2 spiro atoms. The van der Waals surface area contributed by atoms with Crippen molar-refractivity contribution in [3.63, 3.8) is 0 Å². The van der Waals surface area contributed by atoms with Gasteiger partial charge in [0.25, 0.3) is 0 Å². The number of aliphatic hydroxyl groups excluding tert-OH is 8. The van der Waals surface area contributed by atoms with Gasteiger partial charge in [0.1, 0.15) is 42.7 Å². The topological polar surface area (TPSA) is 247 Å². The molecule has 0 unspecified atom stereocenters. The SMILES string of the molecule is CC(C)(O)[C@H]1CC[C@@](C)([C@H]2[C@@H](O)C[C@@]3(C)[C@@H]4C[C@H](O[C@@H]5OC[C@@H](O)[C@H](O)[C@H]5O)[C@H]5C(C)(C)[C@@H](O[C@@H]6OCC[C@@H](O)[C@@H]6O[C@@H]6OC[C@H](O)[C@H](O)[C@H]6O)CC[C@@]56C[C@@]46CC[C@]23C)O1. The van der Waals surface area contributed by atoms with Gasteiger partial charge in [0.05, 0.1) is 61.5 Å². The summed E-state index contributed by atoms with van der Waals surface area (Å²) in [5.41, 5.74) is -3.09. The maximum atomic E-state index is 12.3. The highest BCUT2D eigenvalue weighted by Crippen LogP contribution is 2.89. The summed E-state index contributed by atoms with van der Waals surface area (Å²) in [6.45, 7) is 14.5. The molecule has 5 aliphatic carbocycles. The van der Waals surface area contributed by atoms with Crippen molar-refractivity contribution in [1.82, 2.24) is 0 Å². The number of fused-ring (bicyclic) bond motifs is 2. The molecular weight excluding hydrogens is 796 g/mol. The maximum absolute atomic E-state index is 12.3. The van der Waals surface area contributed by atoms with Crippen LogP contribution >= 0.6 is 0 Å². The average molecular weight is 871 g/mol. The lowest BCUT2D eigenvalue weighted by molar-refractivity contribution is -0.349. The third-order valence-electron chi connectivity index (χ3n) is 18.9. The lowest BCUT2D eigenvalue weighted by atomic mass is 9.41. The van der Waals surface area contributed by atoms with E-state index in [1.165, 1.54) is 0 Å². The van der Waals surface area contributed by atoms with Crippen molar-refractivity contribution in [1.29, 1.82) is 0 Å². The monoisotopic (exact) mass is 870 g/mol. The summed E-state index contributed by atoms with van der Waals surface area (Å²) in [6.07, 6.45) is -8.81. The number of hydrogen-bond acceptors (Lipinski definition) is 16. The molecule has 4 aliphatic heterocycles. The minimum atomic E-state index is -1.56. The fraction of sp³-hybridized carbons (Fsp3) is 1.00. The Hall–Kier alpha value is -0.640. The minimum absolute atomic E-state index is 0.0551. The van der Waals surface area contributed by atoms with Crippen LogP contribution in [0.5, 0.6) is 0 Å². The van der Waals surface area contributed by atoms with E-state index in [-0.39, 0.29) is 71.8 Å². The molecule has 0 aromatic rings. The van der Waals surface area contributed by atoms with Crippen LogP contribution in [0.2, 0.25) is 0 Å². The van der Waals surface area contributed by atoms with Gasteiger partial charge in [-0.25, -0.2) is 0 Å². The van der Waals surface area contributed by atoms with Gasteiger partial charge in [0, 0.05) is 5.92 Å². The molecule has 9 rings (SSSR count). The summed E-state index contributed by atoms with van der Waals surface area (Å²) >= 11 is 0. The number of ether oxygens (including phenoxy) is 7. The first-order valence-electron chi connectivity index (χ1n) is 23.1. The minimum Gasteiger partial charge on any atom is -0.393 e. The molecule has 23 atom stereocenters. The normalized spacial score (nSPS) is 58.0. The van der Waals surface area contributed by atoms with E-state index in [1.807, 2.05) is 0 Å². The Morgan fingerprint density at radius 2 is 1.23 bits per heavy atom. The van der Waals surface area contributed by atoms with Gasteiger partial charge >= 0.3 is 0 Å². The first kappa shape index (κ1) is 45.5. The second-order valence-electron chi connectivity index (χ2n) is 22.8. The summed E-state index contributed by atoms with van der Waals surface area (Å²) in [5, 5.41) is 97.9. The second kappa shape index (κ2) is 15.2. The van der Waals surface area contributed by atoms with E-state index in [9.17, 15) is 46.0 Å². The lowest BCUT2D eigenvalue weighted by Crippen LogP contribution is -2.64. The van der Waals surface area contributed by atoms with E-state index in [0.717, 1.165) is 32.1 Å². The molecule has 9 fully saturated rings. The average Bonchev–Trinajstić information content (AvgIpc) is 3.55. The molecule has 5 saturated carbocycles. The Labute approximate surface area is 359 Å². The molecule has 0 aromatic carbocycles. The molecule has 0 radical (unpaired) electrons. The molecule has 9 aliphatic rings. The van der Waals surface area contributed by atoms with Gasteiger partial charge < -0.3 is 79.1 Å². The fourth-order valence-electron chi connectivity index (χ4n) is 15.8. The Morgan fingerprint density at radius 1 is 0.590 bits per heavy atom. The van der Waals surface area contributed by atoms with Gasteiger partial charge in [0.15, 0.2) is 18.9 Å². The van der Waals surface area contributed by atoms with E-state index in [0.29, 0.717) is 25.7 Å². The van der Waals surface area contributed by atoms with Crippen molar-refractivity contribution in [3.8, 4) is 0 Å². The van der Waals surface area contributed by atoms with Crippen molar-refractivity contribution in [2.24, 2.45) is 44.8 Å². The maximum Gasteiger partial charge on any atom is 0.186 e. The summed E-state index contributed by atoms with van der Waals surface area (Å²) in [5.74, 6) is -0.151. The molecule has 16 heteroatoms. The van der Waals surface area contributed by atoms with E-state index in [4.69, 9.17) is 33.2 Å². The fourth-order valence-corrected chi connectivity index (χ4v) is 15.8. The largest absolute Gasteiger partial charge is 0.393 e. The van der Waals surface area contributed by atoms with Crippen LogP contribution in [0.15, 0.2) is 0 Å². The molecule has 0 aromatic heterocycles. The zero-order valence-corrected chi connectivity index (χ0v) is 37.0. The zero-order valence-electron chi connectivity index (χ0n) is 37.0. The second-order valence-corrected chi connectivity index (χ2v) is 22.8. The van der Waals surface area contributed by atoms with Crippen LogP contribution in [-0.4, -0.2) is 169 Å². The third kappa shape index (κ3) is 6.73. The van der Waals surface area contributed by atoms with Crippen molar-refractivity contribution >= 4 is 0 Å². The van der Waals surface area contributed by atoms with Crippen molar-refractivity contribution in [3.05, 3.63) is 0 Å². The Morgan fingerprint density at radius 3 is 1.85 bits per heavy atom. The number of aliphatic hydroxyl groups is 9. The van der Waals surface area contributed by atoms with Gasteiger partial charge in [-0.15, -0.1) is 0 Å². The highest BCUT2D eigenvalue weighted by atomic mass is 16.7. The van der Waals surface area contributed by atoms with Gasteiger partial charge in [-0.3, -0.25) is 0 Å². The van der Waals surface area contributed by atoms with Gasteiger partial charge in [-0.05, 0) is 124 Å². The van der Waals surface area contributed by atoms with Gasteiger partial charge in [-0.2, -0.15) is 0 Å². The first-order valence-corrected chi connectivity index (χ1v) is 23.1. The van der Waals surface area contributed by atoms with Crippen LogP contribution in [0.3, 0.4) is 0 Å². The van der Waals surface area contributed by atoms with E-state index in [1.54, 1.807) is 13.8 Å². The van der Waals surface area contributed by atoms with Crippen LogP contribution < -0.4 is 0 Å². The van der Waals surface area contributed by atoms with E-state index >= 15 is 0 Å². The highest BCUT2D eigenvalue weighted by Gasteiger charge is 2.85. The summed E-state index contributed by atoms with van der Waals surface area (Å²) in [4.78, 5) is 0. The smallest absolute Gasteiger partial charge is 0.186 e. The van der Waals surface area contributed by atoms with E-state index < -0.39 is 103 Å². The first-order chi connectivity index (χ1) is 28.4. The Bertz CT molecular complexity index is 1630. The predicted molar refractivity (Wildman–Crippen MR) is 213 cm³/mol. The van der Waals surface area contributed by atoms with Crippen molar-refractivity contribution in [2.75, 3.05) is 19.8 Å².